The van der Waals surface area contributed by atoms with Gasteiger partial charge in [-0.3, -0.25) is 0 Å². The second-order valence-electron chi connectivity index (χ2n) is 6.94. The number of sulfonamides is 1. The van der Waals surface area contributed by atoms with Gasteiger partial charge in [0, 0.05) is 29.4 Å². The van der Waals surface area contributed by atoms with Crippen LogP contribution in [-0.4, -0.2) is 18.0 Å². The summed E-state index contributed by atoms with van der Waals surface area (Å²) in [7, 11) is -3.76. The highest BCUT2D eigenvalue weighted by Gasteiger charge is 2.21. The second-order valence-corrected chi connectivity index (χ2v) is 9.83. The Morgan fingerprint density at radius 3 is 2.58 bits per heavy atom. The topological polar surface area (TPSA) is 78.0 Å². The first-order valence-electron chi connectivity index (χ1n) is 8.45. The van der Waals surface area contributed by atoms with Gasteiger partial charge in [0.1, 0.15) is 4.21 Å². The van der Waals surface area contributed by atoms with Crippen LogP contribution in [0.1, 0.15) is 29.9 Å². The number of thiophene rings is 1. The van der Waals surface area contributed by atoms with E-state index in [2.05, 4.69) is 24.9 Å². The van der Waals surface area contributed by atoms with E-state index in [1.807, 2.05) is 35.9 Å². The quantitative estimate of drug-likeness (QED) is 0.696. The Labute approximate surface area is 158 Å². The Hall–Kier alpha value is -1.96. The molecule has 0 saturated heterocycles. The van der Waals surface area contributed by atoms with Crippen LogP contribution in [0.4, 0.5) is 0 Å². The van der Waals surface area contributed by atoms with Crippen molar-refractivity contribution in [2.75, 3.05) is 0 Å². The molecule has 2 N–H and O–H groups in total. The lowest BCUT2D eigenvalue weighted by molar-refractivity contribution is 0.600. The summed E-state index contributed by atoms with van der Waals surface area (Å²) in [5, 5.41) is 5.48. The van der Waals surface area contributed by atoms with Crippen molar-refractivity contribution in [1.29, 1.82) is 0 Å². The second kappa shape index (κ2) is 7.34. The van der Waals surface area contributed by atoms with Gasteiger partial charge < -0.3 is 4.57 Å². The summed E-state index contributed by atoms with van der Waals surface area (Å²) in [6, 6.07) is 8.07. The van der Waals surface area contributed by atoms with Crippen molar-refractivity contribution in [3.05, 3.63) is 59.0 Å². The molecule has 138 valence electrons. The molecule has 0 amide bonds. The number of aromatic nitrogens is 2. The van der Waals surface area contributed by atoms with E-state index in [4.69, 9.17) is 5.14 Å². The zero-order valence-corrected chi connectivity index (χ0v) is 16.8. The highest BCUT2D eigenvalue weighted by atomic mass is 32.2. The summed E-state index contributed by atoms with van der Waals surface area (Å²) >= 11 is 1.28. The summed E-state index contributed by atoms with van der Waals surface area (Å²) in [5.74, 6) is 0.452. The van der Waals surface area contributed by atoms with Gasteiger partial charge in [-0.05, 0) is 42.0 Å². The molecule has 26 heavy (non-hydrogen) atoms. The molecule has 3 rings (SSSR count). The Kier molecular flexibility index (Phi) is 5.32. The fourth-order valence-electron chi connectivity index (χ4n) is 3.04. The fourth-order valence-corrected chi connectivity index (χ4v) is 5.41. The standard InChI is InChI=1S/C19H23N3O2S2/c1-13(2)8-16-10-18(19(25-16)26(20,23)24)17-5-4-15(9-14(17)3)11-22-7-6-21-12-22/h4-7,9-10,12-13H,8,11H2,1-3H3,(H2,20,23,24). The third-order valence-corrected chi connectivity index (χ3v) is 6.76. The van der Waals surface area contributed by atoms with Crippen LogP contribution in [0.2, 0.25) is 0 Å². The summed E-state index contributed by atoms with van der Waals surface area (Å²) < 4.78 is 26.4. The van der Waals surface area contributed by atoms with Crippen molar-refractivity contribution in [3.63, 3.8) is 0 Å². The molecular formula is C19H23N3O2S2. The van der Waals surface area contributed by atoms with Crippen LogP contribution in [0.3, 0.4) is 0 Å². The van der Waals surface area contributed by atoms with E-state index in [0.29, 0.717) is 11.5 Å². The van der Waals surface area contributed by atoms with Gasteiger partial charge in [-0.2, -0.15) is 0 Å². The Balaban J connectivity index is 2.01. The molecule has 5 nitrogen and oxygen atoms in total. The van der Waals surface area contributed by atoms with Gasteiger partial charge in [0.2, 0.25) is 10.0 Å². The predicted molar refractivity (Wildman–Crippen MR) is 106 cm³/mol. The van der Waals surface area contributed by atoms with Gasteiger partial charge in [-0.25, -0.2) is 18.5 Å². The average Bonchev–Trinajstić information content (AvgIpc) is 3.16. The number of imidazole rings is 1. The zero-order valence-electron chi connectivity index (χ0n) is 15.1. The van der Waals surface area contributed by atoms with Crippen LogP contribution in [0.5, 0.6) is 0 Å². The molecule has 2 aromatic heterocycles. The average molecular weight is 390 g/mol. The SMILES string of the molecule is Cc1cc(Cn2ccnc2)ccc1-c1cc(CC(C)C)sc1S(N)(=O)=O. The molecule has 0 unspecified atom stereocenters. The molecule has 0 aliphatic heterocycles. The van der Waals surface area contributed by atoms with Crippen LogP contribution in [0.15, 0.2) is 47.2 Å². The highest BCUT2D eigenvalue weighted by Crippen LogP contribution is 2.37. The van der Waals surface area contributed by atoms with Gasteiger partial charge in [-0.15, -0.1) is 11.3 Å². The molecule has 0 spiro atoms. The van der Waals surface area contributed by atoms with Crippen LogP contribution in [0, 0.1) is 12.8 Å². The number of aryl methyl sites for hydroxylation is 1. The first-order chi connectivity index (χ1) is 12.2. The number of primary sulfonamides is 1. The lowest BCUT2D eigenvalue weighted by atomic mass is 9.99. The molecule has 0 radical (unpaired) electrons. The van der Waals surface area contributed by atoms with E-state index in [1.54, 1.807) is 12.5 Å². The molecular weight excluding hydrogens is 366 g/mol. The molecule has 0 atom stereocenters. The van der Waals surface area contributed by atoms with Gasteiger partial charge in [0.15, 0.2) is 0 Å². The minimum Gasteiger partial charge on any atom is -0.333 e. The highest BCUT2D eigenvalue weighted by molar-refractivity contribution is 7.91. The number of rotatable bonds is 6. The van der Waals surface area contributed by atoms with E-state index in [9.17, 15) is 8.42 Å². The zero-order chi connectivity index (χ0) is 18.9. The molecule has 0 saturated carbocycles. The van der Waals surface area contributed by atoms with E-state index in [0.717, 1.165) is 34.5 Å². The van der Waals surface area contributed by atoms with Crippen LogP contribution < -0.4 is 5.14 Å². The van der Waals surface area contributed by atoms with E-state index < -0.39 is 10.0 Å². The third-order valence-electron chi connectivity index (χ3n) is 4.12. The maximum absolute atomic E-state index is 12.1. The minimum atomic E-state index is -3.76. The molecule has 1 aromatic carbocycles. The Morgan fingerprint density at radius 1 is 1.23 bits per heavy atom. The lowest BCUT2D eigenvalue weighted by Crippen LogP contribution is -2.11. The number of benzene rings is 1. The van der Waals surface area contributed by atoms with Crippen molar-refractivity contribution in [3.8, 4) is 11.1 Å². The van der Waals surface area contributed by atoms with Gasteiger partial charge >= 0.3 is 0 Å². The normalized spacial score (nSPS) is 12.0. The van der Waals surface area contributed by atoms with Crippen molar-refractivity contribution < 1.29 is 8.42 Å². The van der Waals surface area contributed by atoms with E-state index in [-0.39, 0.29) is 4.21 Å². The fraction of sp³-hybridized carbons (Fsp3) is 0.316. The van der Waals surface area contributed by atoms with Crippen molar-refractivity contribution in [2.24, 2.45) is 11.1 Å². The summed E-state index contributed by atoms with van der Waals surface area (Å²) in [6.07, 6.45) is 6.28. The first-order valence-corrected chi connectivity index (χ1v) is 10.8. The summed E-state index contributed by atoms with van der Waals surface area (Å²) in [4.78, 5) is 5.10. The molecule has 3 aromatic rings. The Bertz CT molecular complexity index is 1000. The molecule has 7 heteroatoms. The number of nitrogens with zero attached hydrogens (tertiary/aromatic N) is 2. The largest absolute Gasteiger partial charge is 0.333 e. The van der Waals surface area contributed by atoms with Gasteiger partial charge in [0.25, 0.3) is 0 Å². The predicted octanol–water partition coefficient (Wildman–Crippen LogP) is 3.81. The minimum absolute atomic E-state index is 0.249. The summed E-state index contributed by atoms with van der Waals surface area (Å²) in [6.45, 7) is 6.96. The monoisotopic (exact) mass is 389 g/mol. The van der Waals surface area contributed by atoms with Crippen molar-refractivity contribution >= 4 is 21.4 Å². The molecule has 2 heterocycles. The molecule has 0 aliphatic carbocycles. The lowest BCUT2D eigenvalue weighted by Gasteiger charge is -2.10. The van der Waals surface area contributed by atoms with Crippen molar-refractivity contribution in [2.45, 2.75) is 37.9 Å². The van der Waals surface area contributed by atoms with Crippen molar-refractivity contribution in [1.82, 2.24) is 9.55 Å². The molecule has 0 bridgehead atoms. The van der Waals surface area contributed by atoms with Crippen LogP contribution in [0.25, 0.3) is 11.1 Å². The van der Waals surface area contributed by atoms with Gasteiger partial charge in [-0.1, -0.05) is 32.0 Å². The maximum atomic E-state index is 12.1. The maximum Gasteiger partial charge on any atom is 0.248 e. The molecule has 0 fully saturated rings. The first kappa shape index (κ1) is 18.8. The molecule has 0 aliphatic rings. The third kappa shape index (κ3) is 4.23. The number of nitrogens with two attached hydrogens (primary N) is 1. The van der Waals surface area contributed by atoms with Gasteiger partial charge in [0.05, 0.1) is 6.33 Å². The summed E-state index contributed by atoms with van der Waals surface area (Å²) in [5.41, 5.74) is 3.79. The van der Waals surface area contributed by atoms with Crippen LogP contribution in [-0.2, 0) is 23.0 Å². The Morgan fingerprint density at radius 2 is 2.00 bits per heavy atom. The van der Waals surface area contributed by atoms with E-state index >= 15 is 0 Å². The van der Waals surface area contributed by atoms with E-state index in [1.165, 1.54) is 11.3 Å². The van der Waals surface area contributed by atoms with Crippen LogP contribution >= 0.6 is 11.3 Å². The number of hydrogen-bond acceptors (Lipinski definition) is 4. The number of hydrogen-bond donors (Lipinski definition) is 1. The smallest absolute Gasteiger partial charge is 0.248 e.